The number of nitrogens with zero attached hydrogens (tertiary/aromatic N) is 2. The van der Waals surface area contributed by atoms with Crippen LogP contribution in [-0.4, -0.2) is 21.1 Å². The molecule has 2 N–H and O–H groups in total. The summed E-state index contributed by atoms with van der Waals surface area (Å²) < 4.78 is 0. The van der Waals surface area contributed by atoms with Crippen LogP contribution >= 0.6 is 22.9 Å². The van der Waals surface area contributed by atoms with E-state index in [1.165, 1.54) is 11.3 Å². The summed E-state index contributed by atoms with van der Waals surface area (Å²) in [6, 6.07) is 6.98. The minimum Gasteiger partial charge on any atom is -0.321 e. The van der Waals surface area contributed by atoms with E-state index in [9.17, 15) is 4.79 Å². The van der Waals surface area contributed by atoms with Gasteiger partial charge in [0.15, 0.2) is 0 Å². The van der Waals surface area contributed by atoms with Crippen molar-refractivity contribution in [2.75, 3.05) is 5.32 Å². The molecule has 0 atom stereocenters. The van der Waals surface area contributed by atoms with Gasteiger partial charge in [-0.2, -0.15) is 5.10 Å². The predicted molar refractivity (Wildman–Crippen MR) is 79.1 cm³/mol. The molecule has 2 aromatic heterocycles. The fourth-order valence-electron chi connectivity index (χ4n) is 1.64. The molecular formula is C13H9ClN4OS. The number of H-pyrrole nitrogens is 1. The van der Waals surface area contributed by atoms with E-state index in [2.05, 4.69) is 20.5 Å². The van der Waals surface area contributed by atoms with Crippen molar-refractivity contribution in [2.45, 2.75) is 0 Å². The molecule has 1 amide bonds. The Kier molecular flexibility index (Phi) is 3.49. The molecule has 20 heavy (non-hydrogen) atoms. The van der Waals surface area contributed by atoms with Gasteiger partial charge in [0.25, 0.3) is 5.91 Å². The topological polar surface area (TPSA) is 70.7 Å². The van der Waals surface area contributed by atoms with Crippen molar-refractivity contribution in [3.63, 3.8) is 0 Å². The second kappa shape index (κ2) is 5.44. The number of carbonyl (C=O) groups is 1. The quantitative estimate of drug-likeness (QED) is 0.778. The van der Waals surface area contributed by atoms with Crippen molar-refractivity contribution < 1.29 is 4.79 Å². The Morgan fingerprint density at radius 1 is 1.40 bits per heavy atom. The summed E-state index contributed by atoms with van der Waals surface area (Å²) in [7, 11) is 0. The van der Waals surface area contributed by atoms with Gasteiger partial charge in [0.2, 0.25) is 0 Å². The van der Waals surface area contributed by atoms with Gasteiger partial charge >= 0.3 is 0 Å². The molecule has 0 aliphatic rings. The van der Waals surface area contributed by atoms with Crippen LogP contribution in [0.2, 0.25) is 5.02 Å². The molecule has 0 saturated heterocycles. The van der Waals surface area contributed by atoms with Crippen LogP contribution in [0.1, 0.15) is 10.5 Å². The first-order valence-corrected chi connectivity index (χ1v) is 7.00. The van der Waals surface area contributed by atoms with Crippen molar-refractivity contribution in [1.82, 2.24) is 15.2 Å². The summed E-state index contributed by atoms with van der Waals surface area (Å²) in [6.45, 7) is 0. The highest BCUT2D eigenvalue weighted by Gasteiger charge is 2.12. The van der Waals surface area contributed by atoms with Gasteiger partial charge in [-0.1, -0.05) is 17.7 Å². The molecule has 0 aliphatic heterocycles. The van der Waals surface area contributed by atoms with E-state index in [-0.39, 0.29) is 5.91 Å². The SMILES string of the molecule is O=C(Nc1cccc(Cl)c1)c1csc(-c2cn[nH]c2)n1. The zero-order chi connectivity index (χ0) is 13.9. The third kappa shape index (κ3) is 2.71. The summed E-state index contributed by atoms with van der Waals surface area (Å²) in [6.07, 6.45) is 3.40. The number of hydrogen-bond donors (Lipinski definition) is 2. The van der Waals surface area contributed by atoms with Crippen LogP contribution in [0.3, 0.4) is 0 Å². The van der Waals surface area contributed by atoms with Crippen molar-refractivity contribution in [3.05, 3.63) is 52.8 Å². The molecule has 0 aliphatic carbocycles. The van der Waals surface area contributed by atoms with Crippen LogP contribution in [0, 0.1) is 0 Å². The average molecular weight is 305 g/mol. The van der Waals surface area contributed by atoms with Gasteiger partial charge in [-0.05, 0) is 18.2 Å². The molecule has 2 heterocycles. The highest BCUT2D eigenvalue weighted by atomic mass is 35.5. The van der Waals surface area contributed by atoms with Gasteiger partial charge in [-0.25, -0.2) is 4.98 Å². The maximum atomic E-state index is 12.1. The van der Waals surface area contributed by atoms with Crippen LogP contribution in [-0.2, 0) is 0 Å². The molecule has 0 radical (unpaired) electrons. The van der Waals surface area contributed by atoms with E-state index in [0.29, 0.717) is 16.4 Å². The molecule has 0 bridgehead atoms. The first-order valence-electron chi connectivity index (χ1n) is 5.74. The van der Waals surface area contributed by atoms with Crippen LogP contribution in [0.5, 0.6) is 0 Å². The van der Waals surface area contributed by atoms with Crippen LogP contribution < -0.4 is 5.32 Å². The van der Waals surface area contributed by atoms with Crippen LogP contribution in [0.15, 0.2) is 42.0 Å². The smallest absolute Gasteiger partial charge is 0.275 e. The Bertz CT molecular complexity index is 738. The average Bonchev–Trinajstić information content (AvgIpc) is 3.10. The Balaban J connectivity index is 1.78. The minimum atomic E-state index is -0.265. The Hall–Kier alpha value is -2.18. The Morgan fingerprint density at radius 2 is 2.30 bits per heavy atom. The maximum Gasteiger partial charge on any atom is 0.275 e. The largest absolute Gasteiger partial charge is 0.321 e. The number of amides is 1. The number of hydrogen-bond acceptors (Lipinski definition) is 4. The summed E-state index contributed by atoms with van der Waals surface area (Å²) in [5.74, 6) is -0.265. The van der Waals surface area contributed by atoms with Gasteiger partial charge in [-0.3, -0.25) is 9.89 Å². The number of benzene rings is 1. The first kappa shape index (κ1) is 12.8. The van der Waals surface area contributed by atoms with E-state index in [1.54, 1.807) is 42.0 Å². The number of nitrogens with one attached hydrogen (secondary N) is 2. The molecule has 3 rings (SSSR count). The number of aromatic amines is 1. The summed E-state index contributed by atoms with van der Waals surface area (Å²) in [5, 5.41) is 12.4. The minimum absolute atomic E-state index is 0.265. The first-order chi connectivity index (χ1) is 9.72. The summed E-state index contributed by atoms with van der Waals surface area (Å²) >= 11 is 7.26. The monoisotopic (exact) mass is 304 g/mol. The zero-order valence-electron chi connectivity index (χ0n) is 10.1. The van der Waals surface area contributed by atoms with E-state index in [0.717, 1.165) is 10.6 Å². The van der Waals surface area contributed by atoms with Gasteiger partial charge in [-0.15, -0.1) is 11.3 Å². The van der Waals surface area contributed by atoms with E-state index in [1.807, 2.05) is 0 Å². The third-order valence-electron chi connectivity index (χ3n) is 2.56. The lowest BCUT2D eigenvalue weighted by Crippen LogP contribution is -2.12. The van der Waals surface area contributed by atoms with Gasteiger partial charge in [0, 0.05) is 27.9 Å². The Morgan fingerprint density at radius 3 is 3.05 bits per heavy atom. The summed E-state index contributed by atoms with van der Waals surface area (Å²) in [5.41, 5.74) is 1.86. The van der Waals surface area contributed by atoms with Gasteiger partial charge in [0.1, 0.15) is 10.7 Å². The molecular weight excluding hydrogens is 296 g/mol. The molecule has 100 valence electrons. The van der Waals surface area contributed by atoms with E-state index >= 15 is 0 Å². The number of rotatable bonds is 3. The molecule has 3 aromatic rings. The lowest BCUT2D eigenvalue weighted by molar-refractivity contribution is 0.102. The molecule has 0 spiro atoms. The summed E-state index contributed by atoms with van der Waals surface area (Å²) in [4.78, 5) is 16.4. The lowest BCUT2D eigenvalue weighted by atomic mass is 10.3. The maximum absolute atomic E-state index is 12.1. The highest BCUT2D eigenvalue weighted by Crippen LogP contribution is 2.23. The second-order valence-electron chi connectivity index (χ2n) is 3.99. The number of halogens is 1. The van der Waals surface area contributed by atoms with Crippen molar-refractivity contribution in [2.24, 2.45) is 0 Å². The third-order valence-corrected chi connectivity index (χ3v) is 3.69. The molecule has 0 fully saturated rings. The number of carbonyl (C=O) groups excluding carboxylic acids is 1. The van der Waals surface area contributed by atoms with Crippen LogP contribution in [0.25, 0.3) is 10.6 Å². The standard InChI is InChI=1S/C13H9ClN4OS/c14-9-2-1-3-10(4-9)17-12(19)11-7-20-13(18-11)8-5-15-16-6-8/h1-7H,(H,15,16)(H,17,19). The molecule has 1 aromatic carbocycles. The molecule has 0 saturated carbocycles. The fraction of sp³-hybridized carbons (Fsp3) is 0. The van der Waals surface area contributed by atoms with E-state index in [4.69, 9.17) is 11.6 Å². The number of thiazole rings is 1. The van der Waals surface area contributed by atoms with Crippen molar-refractivity contribution in [1.29, 1.82) is 0 Å². The molecule has 7 heteroatoms. The van der Waals surface area contributed by atoms with Crippen molar-refractivity contribution >= 4 is 34.5 Å². The highest BCUT2D eigenvalue weighted by molar-refractivity contribution is 7.13. The van der Waals surface area contributed by atoms with E-state index < -0.39 is 0 Å². The number of aromatic nitrogens is 3. The van der Waals surface area contributed by atoms with Gasteiger partial charge < -0.3 is 5.32 Å². The number of anilines is 1. The Labute approximate surface area is 123 Å². The fourth-order valence-corrected chi connectivity index (χ4v) is 2.61. The van der Waals surface area contributed by atoms with Crippen molar-refractivity contribution in [3.8, 4) is 10.6 Å². The molecule has 5 nitrogen and oxygen atoms in total. The molecule has 0 unspecified atom stereocenters. The zero-order valence-corrected chi connectivity index (χ0v) is 11.7. The lowest BCUT2D eigenvalue weighted by Gasteiger charge is -2.02. The normalized spacial score (nSPS) is 10.4. The predicted octanol–water partition coefficient (Wildman–Crippen LogP) is 3.44. The van der Waals surface area contributed by atoms with Crippen LogP contribution in [0.4, 0.5) is 5.69 Å². The van der Waals surface area contributed by atoms with Gasteiger partial charge in [0.05, 0.1) is 6.20 Å². The second-order valence-corrected chi connectivity index (χ2v) is 5.28.